The minimum absolute atomic E-state index is 0.0693. The van der Waals surface area contributed by atoms with Crippen LogP contribution in [0.2, 0.25) is 0 Å². The Morgan fingerprint density at radius 2 is 2.00 bits per heavy atom. The van der Waals surface area contributed by atoms with Crippen LogP contribution in [0.25, 0.3) is 0 Å². The summed E-state index contributed by atoms with van der Waals surface area (Å²) in [5, 5.41) is -0.376. The van der Waals surface area contributed by atoms with E-state index in [1.807, 2.05) is 0 Å². The van der Waals surface area contributed by atoms with Crippen LogP contribution in [0.15, 0.2) is 9.98 Å². The smallest absolute Gasteiger partial charge is 0.237 e. The van der Waals surface area contributed by atoms with Crippen molar-refractivity contribution in [3.63, 3.8) is 0 Å². The molecule has 1 saturated heterocycles. The van der Waals surface area contributed by atoms with Gasteiger partial charge in [-0.25, -0.2) is 21.8 Å². The molecule has 0 amide bonds. The molecule has 0 saturated carbocycles. The summed E-state index contributed by atoms with van der Waals surface area (Å²) in [4.78, 5) is 3.89. The molecule has 0 aliphatic carbocycles. The number of nitrogens with one attached hydrogen (secondary N) is 1. The molecule has 2 heterocycles. The third-order valence-corrected chi connectivity index (χ3v) is 7.71. The number of sulfonamides is 1. The zero-order valence-corrected chi connectivity index (χ0v) is 13.2. The lowest BCUT2D eigenvalue weighted by atomic mass is 10.2. The van der Waals surface area contributed by atoms with Crippen LogP contribution in [0.5, 0.6) is 0 Å². The van der Waals surface area contributed by atoms with Gasteiger partial charge in [-0.1, -0.05) is 11.3 Å². The van der Waals surface area contributed by atoms with Gasteiger partial charge in [-0.2, -0.15) is 0 Å². The molecular formula is C8H11BrN2O4S3. The van der Waals surface area contributed by atoms with Crippen molar-refractivity contribution < 1.29 is 16.8 Å². The fraction of sp³-hybridized carbons (Fsp3) is 0.625. The zero-order valence-electron chi connectivity index (χ0n) is 9.17. The molecule has 1 N–H and O–H groups in total. The SMILES string of the molecule is O=S1(=O)CCC(S(=O)(=O)Nc2ncc(Br)s2)CC1. The van der Waals surface area contributed by atoms with Crippen molar-refractivity contribution in [2.75, 3.05) is 16.2 Å². The van der Waals surface area contributed by atoms with Gasteiger partial charge in [-0.15, -0.1) is 0 Å². The van der Waals surface area contributed by atoms with Crippen LogP contribution in [-0.2, 0) is 19.9 Å². The predicted octanol–water partition coefficient (Wildman–Crippen LogP) is 1.22. The minimum atomic E-state index is -3.56. The Hall–Kier alpha value is -0.190. The summed E-state index contributed by atoms with van der Waals surface area (Å²) in [6, 6.07) is 0. The number of anilines is 1. The molecule has 102 valence electrons. The van der Waals surface area contributed by atoms with Crippen molar-refractivity contribution in [2.24, 2.45) is 0 Å². The van der Waals surface area contributed by atoms with E-state index >= 15 is 0 Å². The van der Waals surface area contributed by atoms with Gasteiger partial charge in [0.1, 0.15) is 9.84 Å². The number of sulfone groups is 1. The maximum atomic E-state index is 12.0. The van der Waals surface area contributed by atoms with Crippen molar-refractivity contribution in [3.8, 4) is 0 Å². The molecule has 10 heteroatoms. The van der Waals surface area contributed by atoms with Crippen molar-refractivity contribution in [1.82, 2.24) is 4.98 Å². The average Bonchev–Trinajstić information content (AvgIpc) is 2.62. The van der Waals surface area contributed by atoms with E-state index < -0.39 is 25.1 Å². The van der Waals surface area contributed by atoms with Crippen LogP contribution in [0, 0.1) is 0 Å². The van der Waals surface area contributed by atoms with Crippen molar-refractivity contribution in [2.45, 2.75) is 18.1 Å². The Bertz CT molecular complexity index is 623. The summed E-state index contributed by atoms with van der Waals surface area (Å²) in [7, 11) is -6.62. The molecule has 0 spiro atoms. The standard InChI is InChI=1S/C8H11BrN2O4S3/c9-7-5-10-8(16-7)11-18(14,15)6-1-3-17(12,13)4-2-6/h5-6H,1-4H2,(H,10,11). The van der Waals surface area contributed by atoms with Crippen LogP contribution >= 0.6 is 27.3 Å². The lowest BCUT2D eigenvalue weighted by Crippen LogP contribution is -2.35. The lowest BCUT2D eigenvalue weighted by Gasteiger charge is -2.21. The first-order valence-corrected chi connectivity index (χ1v) is 10.1. The number of halogens is 1. The molecule has 18 heavy (non-hydrogen) atoms. The van der Waals surface area contributed by atoms with Gasteiger partial charge in [0.05, 0.1) is 26.7 Å². The van der Waals surface area contributed by atoms with Crippen molar-refractivity contribution in [3.05, 3.63) is 9.98 Å². The number of hydrogen-bond donors (Lipinski definition) is 1. The summed E-state index contributed by atoms with van der Waals surface area (Å²) in [5.74, 6) is -0.139. The van der Waals surface area contributed by atoms with E-state index in [-0.39, 0.29) is 29.5 Å². The van der Waals surface area contributed by atoms with Crippen LogP contribution in [0.1, 0.15) is 12.8 Å². The van der Waals surface area contributed by atoms with E-state index in [4.69, 9.17) is 0 Å². The Balaban J connectivity index is 2.08. The van der Waals surface area contributed by atoms with Crippen molar-refractivity contribution >= 4 is 52.3 Å². The first kappa shape index (κ1) is 14.2. The van der Waals surface area contributed by atoms with E-state index in [1.54, 1.807) is 0 Å². The number of rotatable bonds is 3. The molecule has 1 aliphatic rings. The highest BCUT2D eigenvalue weighted by Crippen LogP contribution is 2.26. The Labute approximate surface area is 118 Å². The third-order valence-electron chi connectivity index (χ3n) is 2.65. The van der Waals surface area contributed by atoms with Crippen LogP contribution < -0.4 is 4.72 Å². The van der Waals surface area contributed by atoms with E-state index in [0.717, 1.165) is 3.79 Å². The number of hydrogen-bond acceptors (Lipinski definition) is 6. The van der Waals surface area contributed by atoms with Crippen LogP contribution in [-0.4, -0.2) is 38.6 Å². The van der Waals surface area contributed by atoms with E-state index in [1.165, 1.54) is 17.5 Å². The second-order valence-electron chi connectivity index (χ2n) is 3.97. The second kappa shape index (κ2) is 5.06. The molecule has 0 atom stereocenters. The molecular weight excluding hydrogens is 364 g/mol. The molecule has 6 nitrogen and oxygen atoms in total. The summed E-state index contributed by atoms with van der Waals surface area (Å²) < 4.78 is 49.7. The molecule has 0 radical (unpaired) electrons. The number of nitrogens with zero attached hydrogens (tertiary/aromatic N) is 1. The largest absolute Gasteiger partial charge is 0.258 e. The zero-order chi connectivity index (χ0) is 13.4. The average molecular weight is 375 g/mol. The van der Waals surface area contributed by atoms with E-state index in [2.05, 4.69) is 25.6 Å². The number of aromatic nitrogens is 1. The monoisotopic (exact) mass is 374 g/mol. The molecule has 0 bridgehead atoms. The van der Waals surface area contributed by atoms with Crippen LogP contribution in [0.3, 0.4) is 0 Å². The quantitative estimate of drug-likeness (QED) is 0.858. The Morgan fingerprint density at radius 3 is 2.50 bits per heavy atom. The third kappa shape index (κ3) is 3.43. The van der Waals surface area contributed by atoms with Gasteiger partial charge in [0.15, 0.2) is 5.13 Å². The van der Waals surface area contributed by atoms with E-state index in [0.29, 0.717) is 0 Å². The van der Waals surface area contributed by atoms with E-state index in [9.17, 15) is 16.8 Å². The van der Waals surface area contributed by atoms with Crippen LogP contribution in [0.4, 0.5) is 5.13 Å². The molecule has 1 aromatic rings. The minimum Gasteiger partial charge on any atom is -0.258 e. The highest BCUT2D eigenvalue weighted by Gasteiger charge is 2.33. The summed E-state index contributed by atoms with van der Waals surface area (Å²) in [6.45, 7) is 0. The summed E-state index contributed by atoms with van der Waals surface area (Å²) in [5.41, 5.74) is 0. The Morgan fingerprint density at radius 1 is 1.39 bits per heavy atom. The highest BCUT2D eigenvalue weighted by molar-refractivity contribution is 9.11. The topological polar surface area (TPSA) is 93.2 Å². The normalized spacial score (nSPS) is 20.7. The molecule has 1 aromatic heterocycles. The fourth-order valence-corrected chi connectivity index (χ4v) is 6.27. The first-order valence-electron chi connectivity index (χ1n) is 5.12. The highest BCUT2D eigenvalue weighted by atomic mass is 79.9. The summed E-state index contributed by atoms with van der Waals surface area (Å²) >= 11 is 4.37. The summed E-state index contributed by atoms with van der Waals surface area (Å²) in [6.07, 6.45) is 1.79. The van der Waals surface area contributed by atoms with Gasteiger partial charge in [0.25, 0.3) is 0 Å². The van der Waals surface area contributed by atoms with Gasteiger partial charge in [0.2, 0.25) is 10.0 Å². The Kier molecular flexibility index (Phi) is 4.00. The van der Waals surface area contributed by atoms with Crippen molar-refractivity contribution in [1.29, 1.82) is 0 Å². The van der Waals surface area contributed by atoms with Gasteiger partial charge < -0.3 is 0 Å². The van der Waals surface area contributed by atoms with Gasteiger partial charge in [0, 0.05) is 0 Å². The molecule has 0 aromatic carbocycles. The predicted molar refractivity (Wildman–Crippen MR) is 74.0 cm³/mol. The molecule has 0 unspecified atom stereocenters. The fourth-order valence-electron chi connectivity index (χ4n) is 1.69. The maximum absolute atomic E-state index is 12.0. The number of thiazole rings is 1. The molecule has 1 aliphatic heterocycles. The second-order valence-corrected chi connectivity index (χ2v) is 10.6. The first-order chi connectivity index (χ1) is 8.28. The van der Waals surface area contributed by atoms with Gasteiger partial charge >= 0.3 is 0 Å². The van der Waals surface area contributed by atoms with Gasteiger partial charge in [-0.05, 0) is 28.8 Å². The maximum Gasteiger partial charge on any atom is 0.237 e. The lowest BCUT2D eigenvalue weighted by molar-refractivity contribution is 0.555. The molecule has 2 rings (SSSR count). The molecule has 1 fully saturated rings. The van der Waals surface area contributed by atoms with Gasteiger partial charge in [-0.3, -0.25) is 4.72 Å².